The lowest BCUT2D eigenvalue weighted by atomic mass is 9.84. The molecule has 1 aliphatic heterocycles. The fourth-order valence-corrected chi connectivity index (χ4v) is 3.08. The third-order valence-corrected chi connectivity index (χ3v) is 4.91. The van der Waals surface area contributed by atoms with Gasteiger partial charge >= 0.3 is 12.1 Å². The zero-order valence-electron chi connectivity index (χ0n) is 14.0. The quantitative estimate of drug-likeness (QED) is 0.750. The van der Waals surface area contributed by atoms with Crippen LogP contribution in [0.3, 0.4) is 0 Å². The highest BCUT2D eigenvalue weighted by molar-refractivity contribution is 5.93. The Kier molecular flexibility index (Phi) is 4.44. The van der Waals surface area contributed by atoms with Gasteiger partial charge in [0.25, 0.3) is 11.8 Å². The Morgan fingerprint density at radius 2 is 1.74 bits per heavy atom. The molecule has 7 nitrogen and oxygen atoms in total. The van der Waals surface area contributed by atoms with Gasteiger partial charge in [0.15, 0.2) is 5.69 Å². The van der Waals surface area contributed by atoms with Gasteiger partial charge < -0.3 is 15.7 Å². The van der Waals surface area contributed by atoms with Gasteiger partial charge in [-0.1, -0.05) is 0 Å². The third-order valence-electron chi connectivity index (χ3n) is 4.91. The molecule has 0 radical (unpaired) electrons. The summed E-state index contributed by atoms with van der Waals surface area (Å²) in [6, 6.07) is 0.334. The van der Waals surface area contributed by atoms with Gasteiger partial charge in [0.05, 0.1) is 6.04 Å². The van der Waals surface area contributed by atoms with Gasteiger partial charge in [-0.15, -0.1) is 0 Å². The molecule has 27 heavy (non-hydrogen) atoms. The van der Waals surface area contributed by atoms with Crippen LogP contribution in [0.25, 0.3) is 0 Å². The van der Waals surface area contributed by atoms with Crippen LogP contribution in [-0.4, -0.2) is 56.2 Å². The maximum atomic E-state index is 13.8. The fourth-order valence-electron chi connectivity index (χ4n) is 3.08. The molecule has 3 rings (SSSR count). The van der Waals surface area contributed by atoms with Crippen LogP contribution in [0.4, 0.5) is 22.0 Å². The first-order valence-electron chi connectivity index (χ1n) is 8.23. The van der Waals surface area contributed by atoms with Crippen LogP contribution in [0, 0.1) is 0 Å². The predicted octanol–water partition coefficient (Wildman–Crippen LogP) is 1.32. The van der Waals surface area contributed by atoms with Crippen molar-refractivity contribution >= 4 is 11.8 Å². The summed E-state index contributed by atoms with van der Waals surface area (Å²) in [5.74, 6) is -6.96. The van der Waals surface area contributed by atoms with Crippen molar-refractivity contribution in [2.75, 3.05) is 13.1 Å². The van der Waals surface area contributed by atoms with Crippen molar-refractivity contribution in [1.82, 2.24) is 14.7 Å². The predicted molar refractivity (Wildman–Crippen MR) is 79.7 cm³/mol. The van der Waals surface area contributed by atoms with E-state index < -0.39 is 48.0 Å². The lowest BCUT2D eigenvalue weighted by Crippen LogP contribution is -2.61. The number of carbonyl (C=O) groups is 2. The van der Waals surface area contributed by atoms with E-state index in [0.29, 0.717) is 18.9 Å². The summed E-state index contributed by atoms with van der Waals surface area (Å²) in [5.41, 5.74) is 0.440. The van der Waals surface area contributed by atoms with Crippen LogP contribution in [-0.2, 0) is 11.0 Å². The monoisotopic (exact) mass is 396 g/mol. The second-order valence-electron chi connectivity index (χ2n) is 6.85. The molecule has 1 aliphatic carbocycles. The smallest absolute Gasteiger partial charge is 0.383 e. The first-order chi connectivity index (χ1) is 12.4. The van der Waals surface area contributed by atoms with Gasteiger partial charge in [0.1, 0.15) is 11.3 Å². The average molecular weight is 396 g/mol. The molecular weight excluding hydrogens is 379 g/mol. The average Bonchev–Trinajstić information content (AvgIpc) is 3.31. The molecule has 2 amide bonds. The van der Waals surface area contributed by atoms with Gasteiger partial charge in [-0.2, -0.15) is 27.1 Å². The lowest BCUT2D eigenvalue weighted by Gasteiger charge is -2.41. The van der Waals surface area contributed by atoms with Crippen molar-refractivity contribution in [3.63, 3.8) is 0 Å². The molecule has 1 aromatic heterocycles. The largest absolute Gasteiger partial charge is 0.435 e. The molecule has 1 saturated carbocycles. The minimum atomic E-state index is -4.72. The molecule has 12 heteroatoms. The maximum Gasteiger partial charge on any atom is 0.435 e. The van der Waals surface area contributed by atoms with Gasteiger partial charge in [0, 0.05) is 32.0 Å². The Hall–Kier alpha value is -2.24. The molecule has 0 unspecified atom stereocenters. The summed E-state index contributed by atoms with van der Waals surface area (Å²) in [5, 5.41) is 13.5. The van der Waals surface area contributed by atoms with E-state index in [1.165, 1.54) is 0 Å². The van der Waals surface area contributed by atoms with Crippen LogP contribution in [0.15, 0.2) is 6.07 Å². The minimum absolute atomic E-state index is 0.281. The SMILES string of the molecule is NC(=O)C(F)(F)C1(O)CCN(C(=O)c2cc(C(F)(F)F)nn2C2CC2)CC1. The normalized spacial score (nSPS) is 20.6. The summed E-state index contributed by atoms with van der Waals surface area (Å²) in [6.45, 7) is -0.731. The number of aliphatic hydroxyl groups is 1. The first-order valence-corrected chi connectivity index (χ1v) is 8.23. The number of carbonyl (C=O) groups excluding carboxylic acids is 2. The van der Waals surface area contributed by atoms with Gasteiger partial charge in [0.2, 0.25) is 0 Å². The summed E-state index contributed by atoms with van der Waals surface area (Å²) in [6.07, 6.45) is -4.83. The van der Waals surface area contributed by atoms with Crippen molar-refractivity contribution in [3.05, 3.63) is 17.5 Å². The van der Waals surface area contributed by atoms with Gasteiger partial charge in [-0.25, -0.2) is 0 Å². The second kappa shape index (κ2) is 6.14. The van der Waals surface area contributed by atoms with E-state index in [0.717, 1.165) is 9.58 Å². The van der Waals surface area contributed by atoms with Crippen LogP contribution in [0.1, 0.15) is 47.9 Å². The molecule has 2 aliphatic rings. The highest BCUT2D eigenvalue weighted by Crippen LogP contribution is 2.40. The molecule has 0 aromatic carbocycles. The number of hydrogen-bond donors (Lipinski definition) is 2. The van der Waals surface area contributed by atoms with Crippen molar-refractivity contribution in [2.24, 2.45) is 5.73 Å². The summed E-state index contributed by atoms with van der Waals surface area (Å²) in [4.78, 5) is 24.6. The molecule has 1 saturated heterocycles. The van der Waals surface area contributed by atoms with Crippen molar-refractivity contribution < 1.29 is 36.6 Å². The molecule has 2 fully saturated rings. The molecule has 150 valence electrons. The Morgan fingerprint density at radius 1 is 1.19 bits per heavy atom. The summed E-state index contributed by atoms with van der Waals surface area (Å²) in [7, 11) is 0. The van der Waals surface area contributed by atoms with E-state index in [1.807, 2.05) is 0 Å². The van der Waals surface area contributed by atoms with Gasteiger partial charge in [-0.05, 0) is 12.8 Å². The first kappa shape index (κ1) is 19.5. The molecule has 2 heterocycles. The van der Waals surface area contributed by atoms with Crippen molar-refractivity contribution in [3.8, 4) is 0 Å². The zero-order valence-corrected chi connectivity index (χ0v) is 14.0. The number of nitrogens with two attached hydrogens (primary N) is 1. The highest BCUT2D eigenvalue weighted by atomic mass is 19.4. The van der Waals surface area contributed by atoms with E-state index in [-0.39, 0.29) is 24.8 Å². The molecule has 1 aromatic rings. The second-order valence-corrected chi connectivity index (χ2v) is 6.85. The number of piperidine rings is 1. The van der Waals surface area contributed by atoms with E-state index in [9.17, 15) is 36.6 Å². The number of nitrogens with zero attached hydrogens (tertiary/aromatic N) is 3. The van der Waals surface area contributed by atoms with Crippen molar-refractivity contribution in [2.45, 2.75) is 49.4 Å². The number of likely N-dealkylation sites (tertiary alicyclic amines) is 1. The fraction of sp³-hybridized carbons (Fsp3) is 0.667. The zero-order chi connectivity index (χ0) is 20.2. The Balaban J connectivity index is 1.79. The van der Waals surface area contributed by atoms with Crippen molar-refractivity contribution in [1.29, 1.82) is 0 Å². The Morgan fingerprint density at radius 3 is 2.19 bits per heavy atom. The standard InChI is InChI=1S/C15H17F5N4O3/c16-14(17,12(21)26)13(27)3-5-23(6-4-13)11(25)9-7-10(15(18,19)20)22-24(9)8-1-2-8/h7-8,27H,1-6H2,(H2,21,26). The maximum absolute atomic E-state index is 13.8. The summed E-state index contributed by atoms with van der Waals surface area (Å²) >= 11 is 0. The number of amides is 2. The lowest BCUT2D eigenvalue weighted by molar-refractivity contribution is -0.200. The van der Waals surface area contributed by atoms with Crippen LogP contribution in [0.2, 0.25) is 0 Å². The molecule has 0 spiro atoms. The third kappa shape index (κ3) is 3.37. The van der Waals surface area contributed by atoms with Crippen LogP contribution >= 0.6 is 0 Å². The Bertz CT molecular complexity index is 764. The minimum Gasteiger partial charge on any atom is -0.383 e. The number of rotatable bonds is 4. The molecule has 0 bridgehead atoms. The van der Waals surface area contributed by atoms with Gasteiger partial charge in [-0.3, -0.25) is 14.3 Å². The molecular formula is C15H17F5N4O3. The van der Waals surface area contributed by atoms with Crippen LogP contribution in [0.5, 0.6) is 0 Å². The number of primary amides is 1. The van der Waals surface area contributed by atoms with E-state index in [2.05, 4.69) is 10.8 Å². The van der Waals surface area contributed by atoms with Crippen LogP contribution < -0.4 is 5.73 Å². The molecule has 3 N–H and O–H groups in total. The molecule has 0 atom stereocenters. The van der Waals surface area contributed by atoms with E-state index in [1.54, 1.807) is 0 Å². The number of aromatic nitrogens is 2. The number of alkyl halides is 5. The Labute approximate surface area is 149 Å². The van der Waals surface area contributed by atoms with E-state index >= 15 is 0 Å². The number of halogens is 5. The van der Waals surface area contributed by atoms with E-state index in [4.69, 9.17) is 0 Å². The summed E-state index contributed by atoms with van der Waals surface area (Å²) < 4.78 is 67.4. The highest BCUT2D eigenvalue weighted by Gasteiger charge is 2.58. The number of hydrogen-bond acceptors (Lipinski definition) is 4. The topological polar surface area (TPSA) is 101 Å².